The number of anilines is 1. The highest BCUT2D eigenvalue weighted by Crippen LogP contribution is 2.38. The van der Waals surface area contributed by atoms with Crippen molar-refractivity contribution in [2.75, 3.05) is 5.73 Å². The molecule has 16 rings (SSSR count). The molecule has 0 bridgehead atoms. The molecule has 0 aliphatic heterocycles. The number of benzene rings is 14. The summed E-state index contributed by atoms with van der Waals surface area (Å²) in [6.45, 7) is 0. The van der Waals surface area contributed by atoms with Gasteiger partial charge in [0.05, 0.1) is 22.1 Å². The van der Waals surface area contributed by atoms with Gasteiger partial charge in [0.2, 0.25) is 0 Å². The van der Waals surface area contributed by atoms with Crippen LogP contribution in [0.1, 0.15) is 11.1 Å². The van der Waals surface area contributed by atoms with Crippen molar-refractivity contribution in [3.8, 4) is 55.9 Å². The molecule has 2 N–H and O–H groups in total. The summed E-state index contributed by atoms with van der Waals surface area (Å²) in [5.74, 6) is 0. The number of rotatable bonds is 8. The van der Waals surface area contributed by atoms with Crippen LogP contribution in [-0.2, 0) is 6.42 Å². The number of para-hydroxylation sites is 4. The van der Waals surface area contributed by atoms with E-state index in [-0.39, 0.29) is 0 Å². The van der Waals surface area contributed by atoms with Crippen LogP contribution >= 0.6 is 15.9 Å². The Labute approximate surface area is 503 Å². The van der Waals surface area contributed by atoms with Crippen molar-refractivity contribution in [2.45, 2.75) is 6.42 Å². The Morgan fingerprint density at radius 1 is 0.259 bits per heavy atom. The van der Waals surface area contributed by atoms with Crippen LogP contribution in [0.15, 0.2) is 332 Å². The predicted octanol–water partition coefficient (Wildman–Crippen LogP) is 22.2. The predicted molar refractivity (Wildman–Crippen MR) is 366 cm³/mol. The largest absolute Gasteiger partial charge is 0.399 e. The number of hydrogen-bond acceptors (Lipinski definition) is 1. The van der Waals surface area contributed by atoms with E-state index in [4.69, 9.17) is 5.73 Å². The van der Waals surface area contributed by atoms with Gasteiger partial charge in [0.25, 0.3) is 0 Å². The Morgan fingerprint density at radius 2 is 0.600 bits per heavy atom. The van der Waals surface area contributed by atoms with Gasteiger partial charge in [0.15, 0.2) is 0 Å². The second kappa shape index (κ2) is 23.4. The van der Waals surface area contributed by atoms with E-state index < -0.39 is 0 Å². The smallest absolute Gasteiger partial charge is 0.0541 e. The Bertz CT molecular complexity index is 4990. The highest BCUT2D eigenvalue weighted by Gasteiger charge is 2.15. The Balaban J connectivity index is 0.000000126. The zero-order valence-electron chi connectivity index (χ0n) is 46.7. The number of aromatic nitrogens is 2. The number of fused-ring (bicyclic) bond motifs is 8. The fraction of sp³-hybridized carbons (Fsp3) is 0.0123. The molecule has 0 aliphatic carbocycles. The fourth-order valence-electron chi connectivity index (χ4n) is 12.1. The summed E-state index contributed by atoms with van der Waals surface area (Å²) in [7, 11) is 0. The van der Waals surface area contributed by atoms with Gasteiger partial charge in [-0.3, -0.25) is 0 Å². The molecule has 0 saturated carbocycles. The average molecular weight is 1150 g/mol. The van der Waals surface area contributed by atoms with E-state index in [2.05, 4.69) is 341 Å². The van der Waals surface area contributed by atoms with E-state index in [9.17, 15) is 0 Å². The first-order chi connectivity index (χ1) is 42.0. The van der Waals surface area contributed by atoms with Gasteiger partial charge >= 0.3 is 0 Å². The average Bonchev–Trinajstić information content (AvgIpc) is 2.25. The molecule has 0 aliphatic rings. The van der Waals surface area contributed by atoms with Gasteiger partial charge in [-0.1, -0.05) is 259 Å². The van der Waals surface area contributed by atoms with Crippen molar-refractivity contribution in [3.05, 3.63) is 343 Å². The van der Waals surface area contributed by atoms with E-state index in [1.54, 1.807) is 0 Å². The summed E-state index contributed by atoms with van der Waals surface area (Å²) < 4.78 is 5.81. The molecule has 0 atom stereocenters. The van der Waals surface area contributed by atoms with Crippen molar-refractivity contribution in [2.24, 2.45) is 0 Å². The summed E-state index contributed by atoms with van der Waals surface area (Å²) >= 11 is 3.52. The SMILES string of the molecule is Brc1ccc(-c2ccc3c(c2)c2ccccc2n3-c2ccccc2)cc1.Nc1ccc(-c2cccc3ccccc23)cc1.c1ccc(-n2c3ccccc3c3cc(-c4ccc(Cc5ccc(-c6cccc7ccccc67)cc5)cc4)ccc32)cc1. The monoisotopic (exact) mass is 1150 g/mol. The molecule has 0 unspecified atom stereocenters. The summed E-state index contributed by atoms with van der Waals surface area (Å²) in [4.78, 5) is 0. The lowest BCUT2D eigenvalue weighted by molar-refractivity contribution is 1.18. The van der Waals surface area contributed by atoms with Crippen LogP contribution in [0, 0.1) is 0 Å². The number of nitrogens with two attached hydrogens (primary N) is 1. The van der Waals surface area contributed by atoms with Crippen molar-refractivity contribution in [3.63, 3.8) is 0 Å². The lowest BCUT2D eigenvalue weighted by Gasteiger charge is -2.09. The van der Waals surface area contributed by atoms with Crippen LogP contribution in [0.2, 0.25) is 0 Å². The third kappa shape index (κ3) is 10.7. The third-order valence-electron chi connectivity index (χ3n) is 16.3. The van der Waals surface area contributed by atoms with Gasteiger partial charge in [0.1, 0.15) is 0 Å². The summed E-state index contributed by atoms with van der Waals surface area (Å²) in [6.07, 6.45) is 0.916. The molecule has 85 heavy (non-hydrogen) atoms. The van der Waals surface area contributed by atoms with Gasteiger partial charge in [-0.2, -0.15) is 0 Å². The van der Waals surface area contributed by atoms with E-state index in [0.29, 0.717) is 0 Å². The number of halogens is 1. The highest BCUT2D eigenvalue weighted by molar-refractivity contribution is 9.10. The summed E-state index contributed by atoms with van der Waals surface area (Å²) in [5, 5.41) is 10.2. The molecule has 2 heterocycles. The van der Waals surface area contributed by atoms with E-state index >= 15 is 0 Å². The minimum atomic E-state index is 0.800. The normalized spacial score (nSPS) is 11.2. The molecule has 404 valence electrons. The zero-order valence-corrected chi connectivity index (χ0v) is 48.3. The van der Waals surface area contributed by atoms with Gasteiger partial charge in [-0.15, -0.1) is 0 Å². The maximum atomic E-state index is 5.72. The second-order valence-corrected chi connectivity index (χ2v) is 22.5. The minimum Gasteiger partial charge on any atom is -0.399 e. The minimum absolute atomic E-state index is 0.800. The molecular formula is C81H58BrN3. The highest BCUT2D eigenvalue weighted by atomic mass is 79.9. The fourth-order valence-corrected chi connectivity index (χ4v) is 12.4. The quantitative estimate of drug-likeness (QED) is 0.151. The van der Waals surface area contributed by atoms with Crippen molar-refractivity contribution >= 4 is 86.8 Å². The van der Waals surface area contributed by atoms with E-state index in [1.807, 2.05) is 12.1 Å². The zero-order chi connectivity index (χ0) is 57.1. The van der Waals surface area contributed by atoms with Crippen LogP contribution in [0.4, 0.5) is 5.69 Å². The van der Waals surface area contributed by atoms with E-state index in [0.717, 1.165) is 16.6 Å². The lowest BCUT2D eigenvalue weighted by atomic mass is 9.96. The maximum absolute atomic E-state index is 5.72. The van der Waals surface area contributed by atoms with Crippen LogP contribution in [0.3, 0.4) is 0 Å². The molecule has 0 fully saturated rings. The molecule has 4 heteroatoms. The molecular weight excluding hydrogens is 1090 g/mol. The third-order valence-corrected chi connectivity index (χ3v) is 16.8. The number of nitrogens with zero attached hydrogens (tertiary/aromatic N) is 2. The summed E-state index contributed by atoms with van der Waals surface area (Å²) in [5.41, 5.74) is 26.4. The second-order valence-electron chi connectivity index (χ2n) is 21.6. The molecule has 14 aromatic carbocycles. The molecule has 0 radical (unpaired) electrons. The number of hydrogen-bond donors (Lipinski definition) is 1. The van der Waals surface area contributed by atoms with Gasteiger partial charge in [0, 0.05) is 43.1 Å². The van der Waals surface area contributed by atoms with E-state index in [1.165, 1.54) is 132 Å². The molecule has 0 saturated heterocycles. The number of nitrogen functional groups attached to an aromatic ring is 1. The first-order valence-electron chi connectivity index (χ1n) is 28.9. The van der Waals surface area contributed by atoms with Gasteiger partial charge < -0.3 is 14.9 Å². The van der Waals surface area contributed by atoms with Gasteiger partial charge in [-0.25, -0.2) is 0 Å². The summed E-state index contributed by atoms with van der Waals surface area (Å²) in [6, 6.07) is 117. The van der Waals surface area contributed by atoms with Crippen LogP contribution in [-0.4, -0.2) is 9.13 Å². The maximum Gasteiger partial charge on any atom is 0.0541 e. The van der Waals surface area contributed by atoms with Crippen molar-refractivity contribution in [1.29, 1.82) is 0 Å². The topological polar surface area (TPSA) is 35.9 Å². The van der Waals surface area contributed by atoms with Crippen molar-refractivity contribution in [1.82, 2.24) is 9.13 Å². The van der Waals surface area contributed by atoms with Crippen LogP contribution in [0.5, 0.6) is 0 Å². The molecule has 0 amide bonds. The Kier molecular flexibility index (Phi) is 14.5. The van der Waals surface area contributed by atoms with Crippen molar-refractivity contribution < 1.29 is 0 Å². The lowest BCUT2D eigenvalue weighted by Crippen LogP contribution is -1.92. The van der Waals surface area contributed by atoms with Crippen LogP contribution < -0.4 is 5.73 Å². The van der Waals surface area contributed by atoms with Gasteiger partial charge in [-0.05, 0) is 169 Å². The molecule has 16 aromatic rings. The molecule has 2 aromatic heterocycles. The standard InChI is InChI=1S/C41H29N.C24H16BrN.C16H13N/c1-2-11-35(12-3-1)42-40-16-7-6-14-38(40)39-28-34(25-26-41(39)42)31-21-17-29(18-22-31)27-30-19-23-33(24-20-30)37-15-8-10-32-9-4-5-13-36(32)37;25-19-13-10-17(11-14-19)18-12-15-24-22(16-18)21-8-4-5-9-23(21)26(24)20-6-2-1-3-7-20;17-14-10-8-13(9-11-14)16-7-3-5-12-4-1-2-6-15(12)16/h1-26,28H,27H2;1-16H;1-11H,17H2. The molecule has 3 nitrogen and oxygen atoms in total. The Morgan fingerprint density at radius 3 is 1.06 bits per heavy atom. The molecule has 0 spiro atoms. The van der Waals surface area contributed by atoms with Crippen LogP contribution in [0.25, 0.3) is 121 Å². The first-order valence-corrected chi connectivity index (χ1v) is 29.7. The first kappa shape index (κ1) is 52.5. The Hall–Kier alpha value is -10.5.